The minimum Gasteiger partial charge on any atom is -0.502 e. The van der Waals surface area contributed by atoms with Gasteiger partial charge in [-0.25, -0.2) is 0 Å². The van der Waals surface area contributed by atoms with Crippen LogP contribution in [0, 0.1) is 0 Å². The van der Waals surface area contributed by atoms with E-state index < -0.39 is 0 Å². The summed E-state index contributed by atoms with van der Waals surface area (Å²) in [5.41, 5.74) is 1.50. The predicted molar refractivity (Wildman–Crippen MR) is 59.8 cm³/mol. The minimum absolute atomic E-state index is 0. The van der Waals surface area contributed by atoms with Gasteiger partial charge in [0, 0.05) is 0 Å². The van der Waals surface area contributed by atoms with Crippen LogP contribution in [0.1, 0.15) is 40.5 Å². The maximum absolute atomic E-state index is 4.56. The van der Waals surface area contributed by atoms with Crippen LogP contribution >= 0.6 is 0 Å². The third-order valence-corrected chi connectivity index (χ3v) is 1.46. The van der Waals surface area contributed by atoms with Crippen LogP contribution in [0.15, 0.2) is 24.0 Å². The van der Waals surface area contributed by atoms with Gasteiger partial charge in [-0.1, -0.05) is 32.1 Å². The largest absolute Gasteiger partial charge is 0.502 e. The zero-order valence-corrected chi connectivity index (χ0v) is 9.61. The van der Waals surface area contributed by atoms with Gasteiger partial charge in [0.1, 0.15) is 0 Å². The Morgan fingerprint density at radius 2 is 1.69 bits per heavy atom. The fourth-order valence-corrected chi connectivity index (χ4v) is 0.493. The van der Waals surface area contributed by atoms with E-state index >= 15 is 0 Å². The van der Waals surface area contributed by atoms with Crippen LogP contribution in [0.5, 0.6) is 0 Å². The first-order chi connectivity index (χ1) is 5.58. The lowest BCUT2D eigenvalue weighted by atomic mass is 10.2. The Bertz CT molecular complexity index is 137. The number of rotatable bonds is 3. The van der Waals surface area contributed by atoms with Crippen LogP contribution < -0.4 is 0 Å². The summed E-state index contributed by atoms with van der Waals surface area (Å²) in [4.78, 5) is 0. The van der Waals surface area contributed by atoms with Gasteiger partial charge in [0.05, 0.1) is 12.9 Å². The summed E-state index contributed by atoms with van der Waals surface area (Å²) < 4.78 is 4.56. The van der Waals surface area contributed by atoms with E-state index in [4.69, 9.17) is 0 Å². The first kappa shape index (κ1) is 18.1. The molecule has 0 amide bonds. The number of hydrogen-bond donors (Lipinski definition) is 0. The van der Waals surface area contributed by atoms with Crippen LogP contribution in [0.4, 0.5) is 0 Å². The Balaban J connectivity index is -0.000000150. The third kappa shape index (κ3) is 24.6. The Labute approximate surface area is 82.6 Å². The summed E-state index contributed by atoms with van der Waals surface area (Å²) in [6, 6.07) is 0. The van der Waals surface area contributed by atoms with Gasteiger partial charge in [0.2, 0.25) is 0 Å². The van der Waals surface area contributed by atoms with Crippen molar-refractivity contribution in [3.05, 3.63) is 24.0 Å². The summed E-state index contributed by atoms with van der Waals surface area (Å²) in [5.74, 6) is 0.755. The molecule has 2 heteroatoms. The molecule has 0 radical (unpaired) electrons. The van der Waals surface area contributed by atoms with Crippen LogP contribution in [0.2, 0.25) is 0 Å². The van der Waals surface area contributed by atoms with Gasteiger partial charge in [0.15, 0.2) is 0 Å². The molecule has 0 atom stereocenters. The second-order valence-electron chi connectivity index (χ2n) is 2.72. The van der Waals surface area contributed by atoms with Crippen molar-refractivity contribution in [2.75, 3.05) is 7.11 Å². The maximum atomic E-state index is 4.56. The lowest BCUT2D eigenvalue weighted by Gasteiger charge is -1.88. The molecule has 13 heavy (non-hydrogen) atoms. The van der Waals surface area contributed by atoms with E-state index in [2.05, 4.69) is 38.2 Å². The smallest absolute Gasteiger partial charge is 0.0853 e. The molecule has 0 aliphatic heterocycles. The fraction of sp³-hybridized carbons (Fsp3) is 0.636. The van der Waals surface area contributed by atoms with Gasteiger partial charge >= 0.3 is 0 Å². The predicted octanol–water partition coefficient (Wildman–Crippen LogP) is 3.09. The normalized spacial score (nSPS) is 9.15. The molecule has 0 unspecified atom stereocenters. The minimum atomic E-state index is 0. The molecule has 80 valence electrons. The highest BCUT2D eigenvalue weighted by atomic mass is 16.5. The number of hydrogen-bond acceptors (Lipinski definition) is 1. The van der Waals surface area contributed by atoms with E-state index in [9.17, 15) is 0 Å². The Morgan fingerprint density at radius 3 is 1.77 bits per heavy atom. The summed E-state index contributed by atoms with van der Waals surface area (Å²) in [6.07, 6.45) is 4.65. The van der Waals surface area contributed by atoms with Crippen molar-refractivity contribution in [3.63, 3.8) is 0 Å². The van der Waals surface area contributed by atoms with Crippen molar-refractivity contribution >= 4 is 0 Å². The Kier molecular flexibility index (Phi) is 19.2. The van der Waals surface area contributed by atoms with Gasteiger partial charge in [0.25, 0.3) is 0 Å². The molecule has 0 heterocycles. The molecule has 0 aromatic heterocycles. The Morgan fingerprint density at radius 1 is 1.31 bits per heavy atom. The van der Waals surface area contributed by atoms with Crippen molar-refractivity contribution in [1.29, 1.82) is 0 Å². The number of methoxy groups -OCH3 is 1. The molecular weight excluding hydrogens is 164 g/mol. The van der Waals surface area contributed by atoms with E-state index in [1.807, 2.05) is 0 Å². The first-order valence-corrected chi connectivity index (χ1v) is 4.43. The average Bonchev–Trinajstić information content (AvgIpc) is 2.06. The monoisotopic (exact) mass is 188 g/mol. The molecule has 0 aromatic rings. The molecular formula is C11H24O2. The van der Waals surface area contributed by atoms with Gasteiger partial charge in [-0.05, 0) is 26.7 Å². The van der Waals surface area contributed by atoms with E-state index in [0.717, 1.165) is 5.76 Å². The van der Waals surface area contributed by atoms with Gasteiger partial charge in [-0.3, -0.25) is 0 Å². The quantitative estimate of drug-likeness (QED) is 0.495. The van der Waals surface area contributed by atoms with Crippen LogP contribution in [-0.4, -0.2) is 12.6 Å². The summed E-state index contributed by atoms with van der Waals surface area (Å²) in [6.45, 7) is 11.8. The second-order valence-corrected chi connectivity index (χ2v) is 2.72. The molecule has 0 bridgehead atoms. The van der Waals surface area contributed by atoms with Gasteiger partial charge in [-0.2, -0.15) is 0 Å². The molecule has 0 fully saturated rings. The molecule has 0 aliphatic rings. The summed E-state index contributed by atoms with van der Waals surface area (Å²) in [5, 5.41) is 0. The molecule has 0 rings (SSSR count). The summed E-state index contributed by atoms with van der Waals surface area (Å²) in [7, 11) is 1.60. The lowest BCUT2D eigenvalue weighted by molar-refractivity contribution is 0.295. The number of allylic oxidation sites excluding steroid dienone is 3. The molecule has 0 spiro atoms. The zero-order chi connectivity index (χ0) is 9.98. The van der Waals surface area contributed by atoms with Gasteiger partial charge < -0.3 is 10.2 Å². The highest BCUT2D eigenvalue weighted by Crippen LogP contribution is 1.97. The molecule has 0 aliphatic carbocycles. The molecule has 0 saturated carbocycles. The SMILES string of the molecule is C=C(C)OC.CC/C=C(\C)CC.O. The summed E-state index contributed by atoms with van der Waals surface area (Å²) >= 11 is 0. The van der Waals surface area contributed by atoms with Crippen molar-refractivity contribution in [1.82, 2.24) is 0 Å². The van der Waals surface area contributed by atoms with E-state index in [1.165, 1.54) is 18.4 Å². The van der Waals surface area contributed by atoms with Crippen molar-refractivity contribution in [2.45, 2.75) is 40.5 Å². The van der Waals surface area contributed by atoms with E-state index in [-0.39, 0.29) is 5.48 Å². The highest BCUT2D eigenvalue weighted by Gasteiger charge is 1.76. The van der Waals surface area contributed by atoms with E-state index in [0.29, 0.717) is 0 Å². The molecule has 2 N–H and O–H groups in total. The first-order valence-electron chi connectivity index (χ1n) is 4.43. The van der Waals surface area contributed by atoms with Crippen LogP contribution in [0.3, 0.4) is 0 Å². The van der Waals surface area contributed by atoms with Crippen LogP contribution in [0.25, 0.3) is 0 Å². The highest BCUT2D eigenvalue weighted by molar-refractivity contribution is 4.95. The Hall–Kier alpha value is -0.760. The third-order valence-electron chi connectivity index (χ3n) is 1.46. The molecule has 0 aromatic carbocycles. The molecule has 0 saturated heterocycles. The lowest BCUT2D eigenvalue weighted by Crippen LogP contribution is -1.70. The topological polar surface area (TPSA) is 40.7 Å². The van der Waals surface area contributed by atoms with Crippen molar-refractivity contribution in [3.8, 4) is 0 Å². The van der Waals surface area contributed by atoms with Crippen molar-refractivity contribution in [2.24, 2.45) is 0 Å². The van der Waals surface area contributed by atoms with Crippen LogP contribution in [-0.2, 0) is 4.74 Å². The molecule has 2 nitrogen and oxygen atoms in total. The standard InChI is InChI=1S/C7H14.C4H8O.H2O/c1-4-6-7(3)5-2;1-4(2)5-3;/h6H,4-5H2,1-3H3;1H2,2-3H3;1H2/b7-6+;;. The average molecular weight is 188 g/mol. The second kappa shape index (κ2) is 13.8. The number of ether oxygens (including phenoxy) is 1. The van der Waals surface area contributed by atoms with Gasteiger partial charge in [-0.15, -0.1) is 0 Å². The zero-order valence-electron chi connectivity index (χ0n) is 9.61. The van der Waals surface area contributed by atoms with Crippen molar-refractivity contribution < 1.29 is 10.2 Å². The fourth-order valence-electron chi connectivity index (χ4n) is 0.493. The maximum Gasteiger partial charge on any atom is 0.0853 e. The van der Waals surface area contributed by atoms with E-state index in [1.54, 1.807) is 14.0 Å².